The first-order valence-corrected chi connectivity index (χ1v) is 7.04. The first-order chi connectivity index (χ1) is 7.77. The molecule has 17 heavy (non-hydrogen) atoms. The van der Waals surface area contributed by atoms with Gasteiger partial charge in [-0.25, -0.2) is 0 Å². The van der Waals surface area contributed by atoms with Gasteiger partial charge in [-0.1, -0.05) is 30.1 Å². The summed E-state index contributed by atoms with van der Waals surface area (Å²) < 4.78 is 1.03. The average Bonchev–Trinajstić information content (AvgIpc) is 2.57. The summed E-state index contributed by atoms with van der Waals surface area (Å²) in [6, 6.07) is 1.64. The van der Waals surface area contributed by atoms with E-state index >= 15 is 0 Å². The lowest BCUT2D eigenvalue weighted by Gasteiger charge is -2.34. The molecule has 0 atom stereocenters. The number of hydrogen-bond donors (Lipinski definition) is 0. The van der Waals surface area contributed by atoms with Gasteiger partial charge in [0.25, 0.3) is 0 Å². The van der Waals surface area contributed by atoms with Crippen molar-refractivity contribution in [1.82, 2.24) is 4.90 Å². The fourth-order valence-electron chi connectivity index (χ4n) is 1.31. The van der Waals surface area contributed by atoms with E-state index in [1.54, 1.807) is 6.07 Å². The largest absolute Gasteiger partial charge is 0.294 e. The molecule has 0 fully saturated rings. The van der Waals surface area contributed by atoms with Gasteiger partial charge in [0.2, 0.25) is 0 Å². The fourth-order valence-corrected chi connectivity index (χ4v) is 2.81. The smallest absolute Gasteiger partial charge is 0.179 e. The molecule has 1 heterocycles. The molecule has 96 valence electrons. The summed E-state index contributed by atoms with van der Waals surface area (Å²) in [5, 5.41) is 0. The van der Waals surface area contributed by atoms with E-state index in [1.165, 1.54) is 11.3 Å². The number of rotatable bonds is 5. The molecule has 0 N–H and O–H groups in total. The number of nitrogens with zero attached hydrogens (tertiary/aromatic N) is 1. The number of halogens is 2. The highest BCUT2D eigenvalue weighted by atomic mass is 35.5. The Labute approximate surface area is 117 Å². The minimum absolute atomic E-state index is 0.00194. The zero-order chi connectivity index (χ0) is 13.2. The lowest BCUT2D eigenvalue weighted by Crippen LogP contribution is -2.43. The predicted octanol–water partition coefficient (Wildman–Crippen LogP) is 4.36. The molecular weight excluding hydrogens is 277 g/mol. The maximum absolute atomic E-state index is 12.1. The van der Waals surface area contributed by atoms with Gasteiger partial charge >= 0.3 is 0 Å². The molecule has 5 heteroatoms. The van der Waals surface area contributed by atoms with Crippen LogP contribution in [0.3, 0.4) is 0 Å². The third kappa shape index (κ3) is 3.68. The molecule has 1 rings (SSSR count). The van der Waals surface area contributed by atoms with Gasteiger partial charge in [0, 0.05) is 5.54 Å². The molecule has 0 radical (unpaired) electrons. The maximum Gasteiger partial charge on any atom is 0.179 e. The van der Waals surface area contributed by atoms with Gasteiger partial charge in [0.05, 0.1) is 16.4 Å². The summed E-state index contributed by atoms with van der Waals surface area (Å²) in [5.74, 6) is 0.0159. The molecule has 0 unspecified atom stereocenters. The number of hydrogen-bond acceptors (Lipinski definition) is 3. The number of carbonyl (C=O) groups is 1. The molecule has 0 spiro atoms. The normalized spacial score (nSPS) is 12.2. The zero-order valence-corrected chi connectivity index (χ0v) is 12.8. The summed E-state index contributed by atoms with van der Waals surface area (Å²) in [5.41, 5.74) is 0.530. The number of Topliss-reactive ketones (excluding diaryl/α,β-unsaturated/α-hetero) is 1. The van der Waals surface area contributed by atoms with Crippen molar-refractivity contribution in [3.8, 4) is 0 Å². The minimum atomic E-state index is 0.00194. The predicted molar refractivity (Wildman–Crippen MR) is 75.7 cm³/mol. The molecule has 0 amide bonds. The van der Waals surface area contributed by atoms with Crippen molar-refractivity contribution in [3.63, 3.8) is 0 Å². The van der Waals surface area contributed by atoms with Crippen LogP contribution in [0.25, 0.3) is 0 Å². The van der Waals surface area contributed by atoms with Crippen LogP contribution in [0, 0.1) is 0 Å². The van der Waals surface area contributed by atoms with Crippen LogP contribution >= 0.6 is 34.5 Å². The molecule has 0 saturated carbocycles. The van der Waals surface area contributed by atoms with E-state index in [-0.39, 0.29) is 11.3 Å². The molecular formula is C12H17Cl2NOS. The number of thiophene rings is 1. The van der Waals surface area contributed by atoms with Crippen molar-refractivity contribution in [1.29, 1.82) is 0 Å². The second-order valence-electron chi connectivity index (χ2n) is 4.68. The maximum atomic E-state index is 12.1. The minimum Gasteiger partial charge on any atom is -0.294 e. The molecule has 0 aliphatic heterocycles. The van der Waals surface area contributed by atoms with Crippen molar-refractivity contribution in [2.24, 2.45) is 0 Å². The molecule has 0 aliphatic carbocycles. The number of ketones is 1. The van der Waals surface area contributed by atoms with Crippen LogP contribution in [0.2, 0.25) is 8.67 Å². The van der Waals surface area contributed by atoms with Crippen molar-refractivity contribution in [3.05, 3.63) is 20.3 Å². The van der Waals surface area contributed by atoms with Crippen molar-refractivity contribution < 1.29 is 4.79 Å². The van der Waals surface area contributed by atoms with Crippen molar-refractivity contribution >= 4 is 40.3 Å². The Bertz CT molecular complexity index is 415. The molecule has 2 nitrogen and oxygen atoms in total. The first-order valence-electron chi connectivity index (χ1n) is 5.47. The Hall–Kier alpha value is -0.0900. The number of carbonyl (C=O) groups excluding carboxylic acids is 1. The average molecular weight is 294 g/mol. The van der Waals surface area contributed by atoms with Crippen molar-refractivity contribution in [2.45, 2.75) is 32.7 Å². The lowest BCUT2D eigenvalue weighted by molar-refractivity contribution is 0.0847. The van der Waals surface area contributed by atoms with Crippen LogP contribution in [0.1, 0.15) is 37.6 Å². The van der Waals surface area contributed by atoms with Gasteiger partial charge in [-0.05, 0) is 33.4 Å². The summed E-state index contributed by atoms with van der Waals surface area (Å²) in [7, 11) is 1.95. The van der Waals surface area contributed by atoms with Crippen LogP contribution < -0.4 is 0 Å². The van der Waals surface area contributed by atoms with E-state index < -0.39 is 0 Å². The zero-order valence-electron chi connectivity index (χ0n) is 10.5. The van der Waals surface area contributed by atoms with Gasteiger partial charge in [0.15, 0.2) is 5.78 Å². The molecule has 0 aromatic carbocycles. The van der Waals surface area contributed by atoms with Gasteiger partial charge in [-0.15, -0.1) is 11.3 Å². The van der Waals surface area contributed by atoms with E-state index in [1.807, 2.05) is 11.9 Å². The van der Waals surface area contributed by atoms with E-state index in [0.717, 1.165) is 6.42 Å². The van der Waals surface area contributed by atoms with Gasteiger partial charge in [-0.3, -0.25) is 9.69 Å². The molecule has 0 saturated heterocycles. The van der Waals surface area contributed by atoms with Crippen LogP contribution in [0.4, 0.5) is 0 Å². The topological polar surface area (TPSA) is 20.3 Å². The van der Waals surface area contributed by atoms with E-state index in [4.69, 9.17) is 23.2 Å². The lowest BCUT2D eigenvalue weighted by atomic mass is 9.99. The summed E-state index contributed by atoms with van der Waals surface area (Å²) in [6.45, 7) is 6.69. The Balaban J connectivity index is 2.77. The Morgan fingerprint density at radius 1 is 1.47 bits per heavy atom. The highest BCUT2D eigenvalue weighted by Crippen LogP contribution is 2.31. The van der Waals surface area contributed by atoms with E-state index in [9.17, 15) is 4.79 Å². The number of likely N-dealkylation sites (N-methyl/N-ethyl adjacent to an activating group) is 1. The standard InChI is InChI=1S/C12H17Cl2NOS/c1-5-12(2,3)15(4)7-9(16)8-6-10(13)17-11(8)14/h6H,5,7H2,1-4H3. The third-order valence-corrected chi connectivity index (χ3v) is 4.72. The highest BCUT2D eigenvalue weighted by Gasteiger charge is 2.24. The Morgan fingerprint density at radius 3 is 2.47 bits per heavy atom. The molecule has 1 aromatic heterocycles. The monoisotopic (exact) mass is 293 g/mol. The van der Waals surface area contributed by atoms with Gasteiger partial charge in [-0.2, -0.15) is 0 Å². The van der Waals surface area contributed by atoms with Crippen LogP contribution in [0.15, 0.2) is 6.07 Å². The van der Waals surface area contributed by atoms with Crippen molar-refractivity contribution in [2.75, 3.05) is 13.6 Å². The Morgan fingerprint density at radius 2 is 2.06 bits per heavy atom. The third-order valence-electron chi connectivity index (χ3n) is 3.24. The fraction of sp³-hybridized carbons (Fsp3) is 0.583. The second-order valence-corrected chi connectivity index (χ2v) is 6.97. The van der Waals surface area contributed by atoms with Crippen LogP contribution in [-0.2, 0) is 0 Å². The summed E-state index contributed by atoms with van der Waals surface area (Å²) in [6.07, 6.45) is 0.981. The van der Waals surface area contributed by atoms with E-state index in [2.05, 4.69) is 20.8 Å². The highest BCUT2D eigenvalue weighted by molar-refractivity contribution is 7.20. The summed E-state index contributed by atoms with van der Waals surface area (Å²) >= 11 is 13.0. The van der Waals surface area contributed by atoms with Crippen LogP contribution in [0.5, 0.6) is 0 Å². The first kappa shape index (κ1) is 15.0. The molecule has 0 bridgehead atoms. The summed E-state index contributed by atoms with van der Waals surface area (Å²) in [4.78, 5) is 14.1. The quantitative estimate of drug-likeness (QED) is 0.752. The molecule has 0 aliphatic rings. The van der Waals surface area contributed by atoms with Crippen LogP contribution in [-0.4, -0.2) is 29.8 Å². The Kier molecular flexibility index (Phi) is 5.02. The molecule has 1 aromatic rings. The van der Waals surface area contributed by atoms with E-state index in [0.29, 0.717) is 20.8 Å². The van der Waals surface area contributed by atoms with Gasteiger partial charge in [0.1, 0.15) is 4.34 Å². The second kappa shape index (κ2) is 5.70. The SMILES string of the molecule is CCC(C)(C)N(C)CC(=O)c1cc(Cl)sc1Cl. The van der Waals surface area contributed by atoms with Gasteiger partial charge < -0.3 is 0 Å².